The topological polar surface area (TPSA) is 75.6 Å². The predicted molar refractivity (Wildman–Crippen MR) is 115 cm³/mol. The molecule has 2 N–H and O–H groups in total. The van der Waals surface area contributed by atoms with Crippen molar-refractivity contribution in [3.63, 3.8) is 0 Å². The Morgan fingerprint density at radius 1 is 0.966 bits per heavy atom. The molecule has 0 heterocycles. The molecule has 0 aliphatic carbocycles. The first-order valence-electron chi connectivity index (χ1n) is 8.47. The van der Waals surface area contributed by atoms with Crippen molar-refractivity contribution in [2.24, 2.45) is 0 Å². The SMILES string of the molecule is O=C(O)/C(=C\c1ccc(Oc2ccccc2Br)cc1)NC(=O)c1ccccc1Cl. The highest BCUT2D eigenvalue weighted by atomic mass is 79.9. The molecule has 0 bridgehead atoms. The summed E-state index contributed by atoms with van der Waals surface area (Å²) in [7, 11) is 0. The van der Waals surface area contributed by atoms with Gasteiger partial charge in [0.05, 0.1) is 15.1 Å². The number of benzene rings is 3. The van der Waals surface area contributed by atoms with E-state index in [-0.39, 0.29) is 16.3 Å². The van der Waals surface area contributed by atoms with Crippen LogP contribution in [0.5, 0.6) is 11.5 Å². The summed E-state index contributed by atoms with van der Waals surface area (Å²) in [6.45, 7) is 0. The van der Waals surface area contributed by atoms with Crippen molar-refractivity contribution in [2.45, 2.75) is 0 Å². The molecule has 0 fully saturated rings. The van der Waals surface area contributed by atoms with E-state index in [4.69, 9.17) is 16.3 Å². The van der Waals surface area contributed by atoms with E-state index in [9.17, 15) is 14.7 Å². The van der Waals surface area contributed by atoms with Crippen LogP contribution in [0.25, 0.3) is 6.08 Å². The highest BCUT2D eigenvalue weighted by Crippen LogP contribution is 2.29. The van der Waals surface area contributed by atoms with Crippen molar-refractivity contribution in [2.75, 3.05) is 0 Å². The minimum atomic E-state index is -1.26. The quantitative estimate of drug-likeness (QED) is 0.448. The molecule has 0 spiro atoms. The summed E-state index contributed by atoms with van der Waals surface area (Å²) in [5.41, 5.74) is 0.509. The first kappa shape index (κ1) is 20.6. The Labute approximate surface area is 180 Å². The van der Waals surface area contributed by atoms with Gasteiger partial charge in [-0.2, -0.15) is 0 Å². The van der Waals surface area contributed by atoms with Gasteiger partial charge < -0.3 is 15.2 Å². The summed E-state index contributed by atoms with van der Waals surface area (Å²) < 4.78 is 6.60. The summed E-state index contributed by atoms with van der Waals surface area (Å²) in [6.07, 6.45) is 1.36. The lowest BCUT2D eigenvalue weighted by Gasteiger charge is -2.09. The Kier molecular flexibility index (Phi) is 6.69. The molecule has 7 heteroatoms. The summed E-state index contributed by atoms with van der Waals surface area (Å²) in [4.78, 5) is 23.9. The van der Waals surface area contributed by atoms with Crippen LogP contribution < -0.4 is 10.1 Å². The molecule has 0 unspecified atom stereocenters. The van der Waals surface area contributed by atoms with Crippen molar-refractivity contribution in [1.29, 1.82) is 0 Å². The zero-order valence-corrected chi connectivity index (χ0v) is 17.3. The van der Waals surface area contributed by atoms with Gasteiger partial charge in [0.1, 0.15) is 17.2 Å². The van der Waals surface area contributed by atoms with Crippen LogP contribution in [0.15, 0.2) is 83.0 Å². The van der Waals surface area contributed by atoms with Crippen molar-refractivity contribution < 1.29 is 19.4 Å². The van der Waals surface area contributed by atoms with E-state index in [1.54, 1.807) is 42.5 Å². The minimum Gasteiger partial charge on any atom is -0.477 e. The smallest absolute Gasteiger partial charge is 0.352 e. The first-order valence-corrected chi connectivity index (χ1v) is 9.64. The van der Waals surface area contributed by atoms with E-state index >= 15 is 0 Å². The molecule has 3 rings (SSSR count). The number of para-hydroxylation sites is 1. The molecule has 0 aromatic heterocycles. The highest BCUT2D eigenvalue weighted by Gasteiger charge is 2.15. The van der Waals surface area contributed by atoms with Crippen molar-refractivity contribution in [1.82, 2.24) is 5.32 Å². The van der Waals surface area contributed by atoms with E-state index in [1.165, 1.54) is 12.1 Å². The maximum absolute atomic E-state index is 12.3. The molecule has 1 amide bonds. The fourth-order valence-electron chi connectivity index (χ4n) is 2.44. The molecule has 5 nitrogen and oxygen atoms in total. The Morgan fingerprint density at radius 2 is 1.62 bits per heavy atom. The molecule has 3 aromatic carbocycles. The maximum Gasteiger partial charge on any atom is 0.352 e. The lowest BCUT2D eigenvalue weighted by Crippen LogP contribution is -2.27. The predicted octanol–water partition coefficient (Wildman–Crippen LogP) is 5.75. The number of carbonyl (C=O) groups excluding carboxylic acids is 1. The molecule has 3 aromatic rings. The second kappa shape index (κ2) is 9.41. The molecule has 0 saturated carbocycles. The van der Waals surface area contributed by atoms with E-state index in [1.807, 2.05) is 24.3 Å². The number of ether oxygens (including phenoxy) is 1. The van der Waals surface area contributed by atoms with Crippen LogP contribution in [0.2, 0.25) is 5.02 Å². The second-order valence-corrected chi connectivity index (χ2v) is 7.16. The van der Waals surface area contributed by atoms with Crippen LogP contribution in [0, 0.1) is 0 Å². The van der Waals surface area contributed by atoms with Crippen LogP contribution in [0.4, 0.5) is 0 Å². The molecule has 29 heavy (non-hydrogen) atoms. The number of hydrogen-bond acceptors (Lipinski definition) is 3. The molecular formula is C22H15BrClNO4. The van der Waals surface area contributed by atoms with Gasteiger partial charge in [-0.1, -0.05) is 48.0 Å². The summed E-state index contributed by atoms with van der Waals surface area (Å²) in [5, 5.41) is 12.1. The Morgan fingerprint density at radius 3 is 2.28 bits per heavy atom. The maximum atomic E-state index is 12.3. The van der Waals surface area contributed by atoms with Gasteiger partial charge in [0.15, 0.2) is 0 Å². The average Bonchev–Trinajstić information content (AvgIpc) is 2.70. The zero-order valence-electron chi connectivity index (χ0n) is 14.9. The van der Waals surface area contributed by atoms with Gasteiger partial charge in [0.25, 0.3) is 5.91 Å². The normalized spacial score (nSPS) is 11.0. The van der Waals surface area contributed by atoms with E-state index in [0.29, 0.717) is 17.1 Å². The van der Waals surface area contributed by atoms with Crippen LogP contribution >= 0.6 is 27.5 Å². The van der Waals surface area contributed by atoms with Gasteiger partial charge >= 0.3 is 5.97 Å². The monoisotopic (exact) mass is 471 g/mol. The Bertz CT molecular complexity index is 1080. The first-order chi connectivity index (χ1) is 13.9. The summed E-state index contributed by atoms with van der Waals surface area (Å²) in [6, 6.07) is 20.6. The zero-order chi connectivity index (χ0) is 20.8. The number of aliphatic carboxylic acids is 1. The van der Waals surface area contributed by atoms with Gasteiger partial charge in [-0.25, -0.2) is 4.79 Å². The fourth-order valence-corrected chi connectivity index (χ4v) is 3.03. The number of carboxylic acids is 1. The largest absolute Gasteiger partial charge is 0.477 e. The second-order valence-electron chi connectivity index (χ2n) is 5.90. The fraction of sp³-hybridized carbons (Fsp3) is 0. The van der Waals surface area contributed by atoms with E-state index in [0.717, 1.165) is 4.47 Å². The Balaban J connectivity index is 1.77. The lowest BCUT2D eigenvalue weighted by atomic mass is 10.1. The third kappa shape index (κ3) is 5.47. The minimum absolute atomic E-state index is 0.193. The van der Waals surface area contributed by atoms with Crippen molar-refractivity contribution >= 4 is 45.5 Å². The van der Waals surface area contributed by atoms with E-state index in [2.05, 4.69) is 21.2 Å². The molecule has 146 valence electrons. The van der Waals surface area contributed by atoms with Crippen molar-refractivity contribution in [3.05, 3.63) is 99.1 Å². The highest BCUT2D eigenvalue weighted by molar-refractivity contribution is 9.10. The molecule has 0 aliphatic heterocycles. The number of amides is 1. The van der Waals surface area contributed by atoms with Crippen LogP contribution in [0.3, 0.4) is 0 Å². The van der Waals surface area contributed by atoms with Gasteiger partial charge in [0.2, 0.25) is 0 Å². The number of nitrogens with one attached hydrogen (secondary N) is 1. The Hall–Kier alpha value is -3.09. The van der Waals surface area contributed by atoms with Gasteiger partial charge in [-0.3, -0.25) is 4.79 Å². The number of halogens is 2. The molecule has 0 radical (unpaired) electrons. The van der Waals surface area contributed by atoms with Gasteiger partial charge in [0, 0.05) is 0 Å². The average molecular weight is 473 g/mol. The summed E-state index contributed by atoms with van der Waals surface area (Å²) >= 11 is 9.41. The summed E-state index contributed by atoms with van der Waals surface area (Å²) in [5.74, 6) is -0.614. The lowest BCUT2D eigenvalue weighted by molar-refractivity contribution is -0.132. The van der Waals surface area contributed by atoms with Gasteiger partial charge in [-0.05, 0) is 64.0 Å². The van der Waals surface area contributed by atoms with Crippen LogP contribution in [-0.4, -0.2) is 17.0 Å². The number of rotatable bonds is 6. The molecular weight excluding hydrogens is 458 g/mol. The molecule has 0 atom stereocenters. The molecule has 0 saturated heterocycles. The van der Waals surface area contributed by atoms with Crippen LogP contribution in [-0.2, 0) is 4.79 Å². The number of carboxylic acid groups (broad SMARTS) is 1. The molecule has 0 aliphatic rings. The third-order valence-electron chi connectivity index (χ3n) is 3.85. The number of carbonyl (C=O) groups is 2. The van der Waals surface area contributed by atoms with E-state index < -0.39 is 11.9 Å². The standard InChI is InChI=1S/C22H15BrClNO4/c23-17-6-2-4-8-20(17)29-15-11-9-14(10-12-15)13-19(22(27)28)25-21(26)16-5-1-3-7-18(16)24/h1-13H,(H,25,26)(H,27,28)/b19-13+. The van der Waals surface area contributed by atoms with Gasteiger partial charge in [-0.15, -0.1) is 0 Å². The van der Waals surface area contributed by atoms with Crippen molar-refractivity contribution in [3.8, 4) is 11.5 Å². The third-order valence-corrected chi connectivity index (χ3v) is 4.84. The number of hydrogen-bond donors (Lipinski definition) is 2. The van der Waals surface area contributed by atoms with Crippen LogP contribution in [0.1, 0.15) is 15.9 Å².